The Labute approximate surface area is 140 Å². The van der Waals surface area contributed by atoms with E-state index in [1.807, 2.05) is 24.8 Å². The highest BCUT2D eigenvalue weighted by molar-refractivity contribution is 6.08. The third-order valence-electron chi connectivity index (χ3n) is 4.37. The minimum absolute atomic E-state index is 0.156. The van der Waals surface area contributed by atoms with Crippen molar-refractivity contribution in [2.24, 2.45) is 0 Å². The minimum atomic E-state index is -0.264. The molecule has 0 bridgehead atoms. The third-order valence-corrected chi connectivity index (χ3v) is 4.37. The Morgan fingerprint density at radius 2 is 1.92 bits per heavy atom. The number of aliphatic hydroxyl groups excluding tert-OH is 1. The number of aliphatic hydroxyl groups is 1. The van der Waals surface area contributed by atoms with Crippen LogP contribution >= 0.6 is 0 Å². The van der Waals surface area contributed by atoms with Gasteiger partial charge >= 0.3 is 0 Å². The first-order valence-electron chi connectivity index (χ1n) is 8.06. The number of Topliss-reactive ketones (excluding diaryl/α,β-unsaturated/α-hetero) is 1. The monoisotopic (exact) mass is 328 g/mol. The fourth-order valence-corrected chi connectivity index (χ4v) is 2.87. The Balaban J connectivity index is 1.72. The zero-order valence-electron chi connectivity index (χ0n) is 13.8. The molecule has 0 aliphatic carbocycles. The van der Waals surface area contributed by atoms with Crippen molar-refractivity contribution in [3.8, 4) is 0 Å². The number of aromatic amines is 1. The minimum Gasteiger partial charge on any atom is -0.510 e. The summed E-state index contributed by atoms with van der Waals surface area (Å²) >= 11 is 0. The summed E-state index contributed by atoms with van der Waals surface area (Å²) in [5.74, 6) is -0.274. The van der Waals surface area contributed by atoms with E-state index in [1.165, 1.54) is 12.1 Å². The van der Waals surface area contributed by atoms with Crippen molar-refractivity contribution in [3.63, 3.8) is 0 Å². The van der Waals surface area contributed by atoms with Crippen LogP contribution in [-0.2, 0) is 6.42 Å². The zero-order chi connectivity index (χ0) is 17.3. The number of hydrogen-bond donors (Lipinski definition) is 2. The fraction of sp³-hybridized carbons (Fsp3) is 0.316. The lowest BCUT2D eigenvalue weighted by molar-refractivity contribution is 0.102. The summed E-state index contributed by atoms with van der Waals surface area (Å²) in [6.07, 6.45) is 0.594. The first kappa shape index (κ1) is 16.5. The maximum Gasteiger partial charge on any atom is 0.209 e. The smallest absolute Gasteiger partial charge is 0.209 e. The molecule has 2 aromatic rings. The molecule has 1 aromatic carbocycles. The van der Waals surface area contributed by atoms with Crippen LogP contribution in [0.4, 0.5) is 4.39 Å². The number of benzene rings is 1. The molecule has 4 nitrogen and oxygen atoms in total. The Morgan fingerprint density at radius 1 is 1.21 bits per heavy atom. The van der Waals surface area contributed by atoms with Crippen LogP contribution in [0.3, 0.4) is 0 Å². The van der Waals surface area contributed by atoms with Crippen LogP contribution in [0.25, 0.3) is 0 Å². The van der Waals surface area contributed by atoms with Gasteiger partial charge in [0.1, 0.15) is 11.6 Å². The number of carbonyl (C=O) groups is 1. The number of H-pyrrole nitrogens is 1. The second-order valence-electron chi connectivity index (χ2n) is 6.45. The molecule has 2 N–H and O–H groups in total. The van der Waals surface area contributed by atoms with Gasteiger partial charge in [-0.2, -0.15) is 0 Å². The highest BCUT2D eigenvalue weighted by Gasteiger charge is 2.29. The summed E-state index contributed by atoms with van der Waals surface area (Å²) in [5.41, 5.74) is 2.77. The van der Waals surface area contributed by atoms with Gasteiger partial charge in [-0.3, -0.25) is 9.69 Å². The van der Waals surface area contributed by atoms with Crippen LogP contribution in [-0.4, -0.2) is 39.9 Å². The normalized spacial score (nSPS) is 15.5. The topological polar surface area (TPSA) is 56.3 Å². The largest absolute Gasteiger partial charge is 0.510 e. The molecule has 1 aliphatic heterocycles. The Kier molecular flexibility index (Phi) is 4.53. The van der Waals surface area contributed by atoms with Gasteiger partial charge in [-0.15, -0.1) is 0 Å². The van der Waals surface area contributed by atoms with Crippen molar-refractivity contribution < 1.29 is 14.3 Å². The Hall–Kier alpha value is -2.40. The lowest BCUT2D eigenvalue weighted by Crippen LogP contribution is -2.29. The Bertz CT molecular complexity index is 775. The average molecular weight is 328 g/mol. The van der Waals surface area contributed by atoms with Crippen LogP contribution in [0.5, 0.6) is 0 Å². The van der Waals surface area contributed by atoms with E-state index >= 15 is 0 Å². The lowest BCUT2D eigenvalue weighted by atomic mass is 10.1. The zero-order valence-corrected chi connectivity index (χ0v) is 13.8. The molecule has 5 heteroatoms. The maximum atomic E-state index is 12.9. The predicted octanol–water partition coefficient (Wildman–Crippen LogP) is 3.46. The second kappa shape index (κ2) is 6.61. The SMILES string of the molecule is CC(C)N1CC(O)=C(C(=O)c2ccc(Cc3ccc(F)cc3)[nH]2)C1. The van der Waals surface area contributed by atoms with E-state index in [0.29, 0.717) is 30.8 Å². The highest BCUT2D eigenvalue weighted by atomic mass is 19.1. The van der Waals surface area contributed by atoms with Crippen molar-refractivity contribution in [2.45, 2.75) is 26.3 Å². The average Bonchev–Trinajstić information content (AvgIpc) is 3.16. The third kappa shape index (κ3) is 3.41. The molecule has 2 heterocycles. The van der Waals surface area contributed by atoms with E-state index in [9.17, 15) is 14.3 Å². The number of rotatable bonds is 5. The van der Waals surface area contributed by atoms with Gasteiger partial charge in [0.2, 0.25) is 5.78 Å². The summed E-state index contributed by atoms with van der Waals surface area (Å²) in [6.45, 7) is 4.96. The molecule has 0 spiro atoms. The summed E-state index contributed by atoms with van der Waals surface area (Å²) in [7, 11) is 0. The Morgan fingerprint density at radius 3 is 2.54 bits per heavy atom. The number of halogens is 1. The van der Waals surface area contributed by atoms with Gasteiger partial charge in [0.25, 0.3) is 0 Å². The van der Waals surface area contributed by atoms with Crippen molar-refractivity contribution in [1.82, 2.24) is 9.88 Å². The van der Waals surface area contributed by atoms with E-state index in [-0.39, 0.29) is 23.4 Å². The summed E-state index contributed by atoms with van der Waals surface area (Å²) in [6, 6.07) is 10.2. The summed E-state index contributed by atoms with van der Waals surface area (Å²) in [5, 5.41) is 10.1. The van der Waals surface area contributed by atoms with Gasteiger partial charge in [0.05, 0.1) is 17.8 Å². The number of nitrogens with one attached hydrogen (secondary N) is 1. The molecule has 0 atom stereocenters. The number of ketones is 1. The molecule has 0 radical (unpaired) electrons. The predicted molar refractivity (Wildman–Crippen MR) is 90.7 cm³/mol. The fourth-order valence-electron chi connectivity index (χ4n) is 2.87. The van der Waals surface area contributed by atoms with E-state index in [2.05, 4.69) is 4.98 Å². The standard InChI is InChI=1S/C19H21FN2O2/c1-12(2)22-10-16(18(23)11-22)19(24)17-8-7-15(21-17)9-13-3-5-14(20)6-4-13/h3-8,12,21,23H,9-11H2,1-2H3. The van der Waals surface area contributed by atoms with Gasteiger partial charge in [-0.05, 0) is 43.7 Å². The van der Waals surface area contributed by atoms with Crippen molar-refractivity contribution >= 4 is 5.78 Å². The molecule has 24 heavy (non-hydrogen) atoms. The van der Waals surface area contributed by atoms with Gasteiger partial charge in [-0.25, -0.2) is 4.39 Å². The maximum absolute atomic E-state index is 12.9. The highest BCUT2D eigenvalue weighted by Crippen LogP contribution is 2.22. The van der Waals surface area contributed by atoms with Crippen molar-refractivity contribution in [2.75, 3.05) is 13.1 Å². The molecule has 0 saturated heterocycles. The molecule has 0 saturated carbocycles. The molecule has 0 unspecified atom stereocenters. The molecular weight excluding hydrogens is 307 g/mol. The first-order chi connectivity index (χ1) is 11.4. The number of nitrogens with zero attached hydrogens (tertiary/aromatic N) is 1. The van der Waals surface area contributed by atoms with Crippen LogP contribution in [0.15, 0.2) is 47.7 Å². The van der Waals surface area contributed by atoms with Crippen LogP contribution in [0, 0.1) is 5.82 Å². The molecular formula is C19H21FN2O2. The second-order valence-corrected chi connectivity index (χ2v) is 6.45. The van der Waals surface area contributed by atoms with Crippen molar-refractivity contribution in [3.05, 3.63) is 70.5 Å². The molecule has 0 amide bonds. The molecule has 0 fully saturated rings. The van der Waals surface area contributed by atoms with Crippen LogP contribution < -0.4 is 0 Å². The van der Waals surface area contributed by atoms with Crippen LogP contribution in [0.1, 0.15) is 35.6 Å². The van der Waals surface area contributed by atoms with E-state index in [4.69, 9.17) is 0 Å². The number of aromatic nitrogens is 1. The number of hydrogen-bond acceptors (Lipinski definition) is 3. The molecule has 1 aromatic heterocycles. The van der Waals surface area contributed by atoms with Crippen LogP contribution in [0.2, 0.25) is 0 Å². The summed E-state index contributed by atoms with van der Waals surface area (Å²) < 4.78 is 12.9. The summed E-state index contributed by atoms with van der Waals surface area (Å²) in [4.78, 5) is 17.8. The molecule has 3 rings (SSSR count). The van der Waals surface area contributed by atoms with Gasteiger partial charge in [-0.1, -0.05) is 12.1 Å². The number of carbonyl (C=O) groups excluding carboxylic acids is 1. The van der Waals surface area contributed by atoms with E-state index < -0.39 is 0 Å². The molecule has 1 aliphatic rings. The van der Waals surface area contributed by atoms with E-state index in [1.54, 1.807) is 18.2 Å². The van der Waals surface area contributed by atoms with Gasteiger partial charge in [0.15, 0.2) is 0 Å². The lowest BCUT2D eigenvalue weighted by Gasteiger charge is -2.19. The molecule has 126 valence electrons. The van der Waals surface area contributed by atoms with E-state index in [0.717, 1.165) is 11.3 Å². The first-order valence-corrected chi connectivity index (χ1v) is 8.06. The van der Waals surface area contributed by atoms with Gasteiger partial charge in [0, 0.05) is 24.7 Å². The quantitative estimate of drug-likeness (QED) is 0.827. The van der Waals surface area contributed by atoms with Crippen molar-refractivity contribution in [1.29, 1.82) is 0 Å². The van der Waals surface area contributed by atoms with Gasteiger partial charge < -0.3 is 10.1 Å².